The Kier molecular flexibility index (Phi) is 3.50. The molecule has 0 amide bonds. The van der Waals surface area contributed by atoms with Crippen LogP contribution >= 0.6 is 0 Å². The maximum Gasteiger partial charge on any atom is 0.123 e. The molecule has 19 heavy (non-hydrogen) atoms. The van der Waals surface area contributed by atoms with Gasteiger partial charge in [0, 0.05) is 25.0 Å². The fourth-order valence-electron chi connectivity index (χ4n) is 3.20. The van der Waals surface area contributed by atoms with Crippen molar-refractivity contribution in [3.63, 3.8) is 0 Å². The number of rotatable bonds is 5. The third-order valence-corrected chi connectivity index (χ3v) is 4.77. The first-order valence-corrected chi connectivity index (χ1v) is 7.32. The van der Waals surface area contributed by atoms with E-state index < -0.39 is 0 Å². The summed E-state index contributed by atoms with van der Waals surface area (Å²) in [6.07, 6.45) is 5.35. The van der Waals surface area contributed by atoms with Gasteiger partial charge in [0.15, 0.2) is 0 Å². The van der Waals surface area contributed by atoms with Gasteiger partial charge in [0.05, 0.1) is 0 Å². The highest BCUT2D eigenvalue weighted by atomic mass is 16.5. The van der Waals surface area contributed by atoms with Crippen LogP contribution in [0.15, 0.2) is 24.3 Å². The Bertz CT molecular complexity index is 415. The second-order valence-electron chi connectivity index (χ2n) is 6.15. The summed E-state index contributed by atoms with van der Waals surface area (Å²) in [6.45, 7) is 2.03. The number of nitrogens with one attached hydrogen (secondary N) is 1. The van der Waals surface area contributed by atoms with Crippen LogP contribution in [0.1, 0.15) is 24.8 Å². The summed E-state index contributed by atoms with van der Waals surface area (Å²) < 4.78 is 5.96. The lowest BCUT2D eigenvalue weighted by Gasteiger charge is -2.47. The van der Waals surface area contributed by atoms with Crippen molar-refractivity contribution < 1.29 is 4.74 Å². The Morgan fingerprint density at radius 2 is 2.11 bits per heavy atom. The van der Waals surface area contributed by atoms with Crippen LogP contribution in [0, 0.1) is 0 Å². The van der Waals surface area contributed by atoms with Crippen LogP contribution in [0.3, 0.4) is 0 Å². The summed E-state index contributed by atoms with van der Waals surface area (Å²) in [5.41, 5.74) is 1.74. The molecule has 3 rings (SSSR count). The van der Waals surface area contributed by atoms with E-state index in [0.29, 0.717) is 11.6 Å². The minimum absolute atomic E-state index is 0.302. The van der Waals surface area contributed by atoms with E-state index in [0.717, 1.165) is 25.3 Å². The Labute approximate surface area is 115 Å². The zero-order chi connectivity index (χ0) is 13.3. The first kappa shape index (κ1) is 12.9. The molecule has 1 heterocycles. The standard InChI is InChI=1S/C16H24N2O/c1-18(2)16(8-5-9-16)12-17-11-14-10-13-6-3-4-7-15(13)19-14/h3-4,6-7,14,17H,5,8-12H2,1-2H3. The Morgan fingerprint density at radius 1 is 1.32 bits per heavy atom. The van der Waals surface area contributed by atoms with Crippen molar-refractivity contribution in [3.8, 4) is 5.75 Å². The number of hydrogen-bond acceptors (Lipinski definition) is 3. The predicted octanol–water partition coefficient (Wildman–Crippen LogP) is 2.06. The van der Waals surface area contributed by atoms with Gasteiger partial charge in [-0.1, -0.05) is 18.2 Å². The number of para-hydroxylation sites is 1. The molecule has 0 bridgehead atoms. The Morgan fingerprint density at radius 3 is 2.74 bits per heavy atom. The largest absolute Gasteiger partial charge is 0.488 e. The number of hydrogen-bond donors (Lipinski definition) is 1. The Balaban J connectivity index is 1.47. The number of fused-ring (bicyclic) bond motifs is 1. The monoisotopic (exact) mass is 260 g/mol. The molecular formula is C16H24N2O. The van der Waals surface area contributed by atoms with Crippen LogP contribution in [0.5, 0.6) is 5.75 Å². The van der Waals surface area contributed by atoms with Crippen molar-refractivity contribution >= 4 is 0 Å². The van der Waals surface area contributed by atoms with Gasteiger partial charge >= 0.3 is 0 Å². The van der Waals surface area contributed by atoms with Crippen molar-refractivity contribution in [1.29, 1.82) is 0 Å². The molecule has 1 aromatic rings. The van der Waals surface area contributed by atoms with E-state index in [1.54, 1.807) is 0 Å². The number of ether oxygens (including phenoxy) is 1. The summed E-state index contributed by atoms with van der Waals surface area (Å²) in [6, 6.07) is 8.38. The molecule has 0 spiro atoms. The third-order valence-electron chi connectivity index (χ3n) is 4.77. The molecule has 0 aromatic heterocycles. The fourth-order valence-corrected chi connectivity index (χ4v) is 3.20. The summed E-state index contributed by atoms with van der Waals surface area (Å²) >= 11 is 0. The molecule has 1 fully saturated rings. The van der Waals surface area contributed by atoms with Crippen molar-refractivity contribution in [2.24, 2.45) is 0 Å². The summed E-state index contributed by atoms with van der Waals surface area (Å²) in [4.78, 5) is 2.38. The first-order chi connectivity index (χ1) is 9.20. The molecule has 1 aromatic carbocycles. The molecule has 1 N–H and O–H groups in total. The molecule has 1 atom stereocenters. The van der Waals surface area contributed by atoms with E-state index in [1.165, 1.54) is 24.8 Å². The minimum Gasteiger partial charge on any atom is -0.488 e. The van der Waals surface area contributed by atoms with Crippen molar-refractivity contribution in [2.45, 2.75) is 37.3 Å². The van der Waals surface area contributed by atoms with Gasteiger partial charge in [-0.05, 0) is 45.0 Å². The van der Waals surface area contributed by atoms with Crippen LogP contribution in [0.4, 0.5) is 0 Å². The van der Waals surface area contributed by atoms with E-state index in [9.17, 15) is 0 Å². The molecule has 2 aliphatic rings. The minimum atomic E-state index is 0.302. The number of nitrogens with zero attached hydrogens (tertiary/aromatic N) is 1. The second kappa shape index (κ2) is 5.14. The summed E-state index contributed by atoms with van der Waals surface area (Å²) in [7, 11) is 4.39. The zero-order valence-electron chi connectivity index (χ0n) is 12.0. The molecule has 0 radical (unpaired) electrons. The van der Waals surface area contributed by atoms with Crippen LogP contribution in [0.25, 0.3) is 0 Å². The van der Waals surface area contributed by atoms with E-state index >= 15 is 0 Å². The van der Waals surface area contributed by atoms with Crippen LogP contribution < -0.4 is 10.1 Å². The smallest absolute Gasteiger partial charge is 0.123 e. The molecule has 3 heteroatoms. The van der Waals surface area contributed by atoms with Crippen molar-refractivity contribution in [3.05, 3.63) is 29.8 Å². The number of likely N-dealkylation sites (N-methyl/N-ethyl adjacent to an activating group) is 1. The molecule has 104 valence electrons. The zero-order valence-corrected chi connectivity index (χ0v) is 12.0. The normalized spacial score (nSPS) is 23.8. The second-order valence-corrected chi connectivity index (χ2v) is 6.15. The van der Waals surface area contributed by atoms with Gasteiger partial charge < -0.3 is 15.0 Å². The van der Waals surface area contributed by atoms with Gasteiger partial charge in [-0.25, -0.2) is 0 Å². The van der Waals surface area contributed by atoms with Crippen molar-refractivity contribution in [1.82, 2.24) is 10.2 Å². The lowest BCUT2D eigenvalue weighted by Crippen LogP contribution is -2.57. The highest BCUT2D eigenvalue weighted by Crippen LogP contribution is 2.35. The van der Waals surface area contributed by atoms with Gasteiger partial charge in [-0.15, -0.1) is 0 Å². The Hall–Kier alpha value is -1.06. The van der Waals surface area contributed by atoms with Crippen LogP contribution in [0.2, 0.25) is 0 Å². The highest BCUT2D eigenvalue weighted by molar-refractivity contribution is 5.37. The molecule has 1 aliphatic heterocycles. The molecule has 0 saturated heterocycles. The molecule has 1 saturated carbocycles. The van der Waals surface area contributed by atoms with E-state index in [1.807, 2.05) is 6.07 Å². The van der Waals surface area contributed by atoms with Gasteiger partial charge in [0.25, 0.3) is 0 Å². The average Bonchev–Trinajstić information content (AvgIpc) is 2.74. The number of benzene rings is 1. The van der Waals surface area contributed by atoms with Gasteiger partial charge in [-0.3, -0.25) is 0 Å². The lowest BCUT2D eigenvalue weighted by atomic mass is 9.75. The molecule has 1 aliphatic carbocycles. The predicted molar refractivity (Wildman–Crippen MR) is 77.7 cm³/mol. The van der Waals surface area contributed by atoms with Gasteiger partial charge in [0.2, 0.25) is 0 Å². The van der Waals surface area contributed by atoms with E-state index in [4.69, 9.17) is 4.74 Å². The van der Waals surface area contributed by atoms with Crippen LogP contribution in [-0.2, 0) is 6.42 Å². The maximum atomic E-state index is 5.96. The lowest BCUT2D eigenvalue weighted by molar-refractivity contribution is 0.0575. The quantitative estimate of drug-likeness (QED) is 0.877. The maximum absolute atomic E-state index is 5.96. The summed E-state index contributed by atoms with van der Waals surface area (Å²) in [5, 5.41) is 3.62. The molecular weight excluding hydrogens is 236 g/mol. The van der Waals surface area contributed by atoms with Gasteiger partial charge in [0.1, 0.15) is 11.9 Å². The highest BCUT2D eigenvalue weighted by Gasteiger charge is 2.38. The van der Waals surface area contributed by atoms with Crippen molar-refractivity contribution in [2.75, 3.05) is 27.2 Å². The SMILES string of the molecule is CN(C)C1(CNCC2Cc3ccccc3O2)CCC1. The van der Waals surface area contributed by atoms with E-state index in [-0.39, 0.29) is 0 Å². The fraction of sp³-hybridized carbons (Fsp3) is 0.625. The first-order valence-electron chi connectivity index (χ1n) is 7.32. The van der Waals surface area contributed by atoms with E-state index in [2.05, 4.69) is 42.5 Å². The third kappa shape index (κ3) is 2.49. The topological polar surface area (TPSA) is 24.5 Å². The molecule has 1 unspecified atom stereocenters. The molecule has 3 nitrogen and oxygen atoms in total. The van der Waals surface area contributed by atoms with Crippen LogP contribution in [-0.4, -0.2) is 43.7 Å². The summed E-state index contributed by atoms with van der Waals surface area (Å²) in [5.74, 6) is 1.07. The van der Waals surface area contributed by atoms with Gasteiger partial charge in [-0.2, -0.15) is 0 Å². The average molecular weight is 260 g/mol.